The van der Waals surface area contributed by atoms with Crippen LogP contribution in [-0.4, -0.2) is 59.3 Å². The van der Waals surface area contributed by atoms with Crippen molar-refractivity contribution in [3.63, 3.8) is 0 Å². The summed E-state index contributed by atoms with van der Waals surface area (Å²) in [4.78, 5) is 8.76. The zero-order valence-corrected chi connectivity index (χ0v) is 19.8. The zero-order chi connectivity index (χ0) is 22.5. The maximum absolute atomic E-state index is 14.9. The van der Waals surface area contributed by atoms with E-state index in [4.69, 9.17) is 11.6 Å². The lowest BCUT2D eigenvalue weighted by atomic mass is 10.2. The van der Waals surface area contributed by atoms with Crippen molar-refractivity contribution in [2.45, 2.75) is 19.1 Å². The highest BCUT2D eigenvalue weighted by Gasteiger charge is 2.19. The van der Waals surface area contributed by atoms with Gasteiger partial charge in [-0.15, -0.1) is 0 Å². The summed E-state index contributed by atoms with van der Waals surface area (Å²) in [5.41, 5.74) is 7.78. The third-order valence-electron chi connectivity index (χ3n) is 4.93. The van der Waals surface area contributed by atoms with Crippen molar-refractivity contribution < 1.29 is 21.2 Å². The molecule has 12 heteroatoms. The number of nitrogens with two attached hydrogens (primary N) is 2. The van der Waals surface area contributed by atoms with Gasteiger partial charge in [0.05, 0.1) is 23.3 Å². The quantitative estimate of drug-likeness (QED) is 0.304. The van der Waals surface area contributed by atoms with Gasteiger partial charge in [-0.3, -0.25) is 9.99 Å². The average Bonchev–Trinajstić information content (AvgIpc) is 2.73. The van der Waals surface area contributed by atoms with E-state index in [0.717, 1.165) is 36.9 Å². The van der Waals surface area contributed by atoms with Gasteiger partial charge in [0.1, 0.15) is 5.69 Å². The SMILES string of the molecule is CC(C)SNc1ccc(F)c(N(N)/C=C(\N)c2cncc(N3CCN(C)CC3)c2)c1F.O.O.[HH]. The average molecular weight is 488 g/mol. The predicted octanol–water partition coefficient (Wildman–Crippen LogP) is 1.81. The minimum Gasteiger partial charge on any atom is -0.412 e. The molecule has 0 radical (unpaired) electrons. The van der Waals surface area contributed by atoms with Crippen LogP contribution in [0.25, 0.3) is 5.70 Å². The van der Waals surface area contributed by atoms with Gasteiger partial charge in [-0.1, -0.05) is 13.8 Å². The van der Waals surface area contributed by atoms with Crippen LogP contribution in [0.15, 0.2) is 36.8 Å². The highest BCUT2D eigenvalue weighted by atomic mass is 32.2. The minimum atomic E-state index is -0.788. The van der Waals surface area contributed by atoms with Gasteiger partial charge in [-0.05, 0) is 37.2 Å². The van der Waals surface area contributed by atoms with E-state index in [1.165, 1.54) is 30.3 Å². The fourth-order valence-electron chi connectivity index (χ4n) is 3.15. The molecule has 1 aromatic heterocycles. The van der Waals surface area contributed by atoms with Gasteiger partial charge in [-0.25, -0.2) is 14.6 Å². The number of pyridine rings is 1. The summed E-state index contributed by atoms with van der Waals surface area (Å²) in [6.07, 6.45) is 4.68. The van der Waals surface area contributed by atoms with E-state index in [1.807, 2.05) is 19.9 Å². The second kappa shape index (κ2) is 12.6. The molecular formula is C21H35F2N7O2S. The Labute approximate surface area is 198 Å². The van der Waals surface area contributed by atoms with E-state index in [1.54, 1.807) is 12.4 Å². The second-order valence-corrected chi connectivity index (χ2v) is 9.12. The first kappa shape index (κ1) is 28.4. The van der Waals surface area contributed by atoms with Crippen molar-refractivity contribution in [2.24, 2.45) is 11.6 Å². The molecule has 0 unspecified atom stereocenters. The van der Waals surface area contributed by atoms with Crippen LogP contribution >= 0.6 is 11.9 Å². The van der Waals surface area contributed by atoms with Crippen molar-refractivity contribution in [1.29, 1.82) is 0 Å². The van der Waals surface area contributed by atoms with Gasteiger partial charge in [0.2, 0.25) is 0 Å². The molecule has 1 fully saturated rings. The largest absolute Gasteiger partial charge is 0.412 e. The molecule has 1 aliphatic heterocycles. The van der Waals surface area contributed by atoms with Crippen molar-refractivity contribution in [1.82, 2.24) is 9.88 Å². The van der Waals surface area contributed by atoms with Gasteiger partial charge >= 0.3 is 0 Å². The third kappa shape index (κ3) is 7.17. The molecule has 0 atom stereocenters. The summed E-state index contributed by atoms with van der Waals surface area (Å²) in [6, 6.07) is 4.41. The first-order valence-electron chi connectivity index (χ1n) is 10.1. The Morgan fingerprint density at radius 2 is 1.88 bits per heavy atom. The van der Waals surface area contributed by atoms with Crippen LogP contribution < -0.4 is 26.2 Å². The molecule has 9 N–H and O–H groups in total. The molecule has 0 bridgehead atoms. The number of likely N-dealkylation sites (N-methyl/N-ethyl adjacent to an activating group) is 1. The number of nitrogens with zero attached hydrogens (tertiary/aromatic N) is 4. The number of hydrazine groups is 1. The van der Waals surface area contributed by atoms with Crippen LogP contribution in [-0.2, 0) is 0 Å². The lowest BCUT2D eigenvalue weighted by Gasteiger charge is -2.34. The number of rotatable bonds is 7. The van der Waals surface area contributed by atoms with Crippen molar-refractivity contribution in [3.8, 4) is 0 Å². The number of hydrogen-bond donors (Lipinski definition) is 3. The molecule has 2 aromatic rings. The van der Waals surface area contributed by atoms with Gasteiger partial charge < -0.3 is 31.2 Å². The molecule has 33 heavy (non-hydrogen) atoms. The smallest absolute Gasteiger partial charge is 0.175 e. The molecular weight excluding hydrogens is 452 g/mol. The van der Waals surface area contributed by atoms with E-state index < -0.39 is 11.6 Å². The standard InChI is InChI=1S/C21H29F2N7S.2H2O.H2/c1-14(2)31-27-19-5-4-17(22)21(20(19)23)30(25)13-18(24)15-10-16(12-26-11-15)29-8-6-28(3)7-9-29;;;/h4-5,10-14,27H,6-9,24-25H2,1-3H3;2*1H2;1H/b18-13-;;;. The van der Waals surface area contributed by atoms with Crippen molar-refractivity contribution >= 4 is 34.7 Å². The summed E-state index contributed by atoms with van der Waals surface area (Å²) in [5, 5.41) is 1.09. The molecule has 1 saturated heterocycles. The highest BCUT2D eigenvalue weighted by molar-refractivity contribution is 8.01. The normalized spacial score (nSPS) is 14.5. The maximum Gasteiger partial charge on any atom is 0.175 e. The third-order valence-corrected chi connectivity index (χ3v) is 5.74. The summed E-state index contributed by atoms with van der Waals surface area (Å²) in [5.74, 6) is 4.41. The number of halogens is 2. The van der Waals surface area contributed by atoms with Gasteiger partial charge in [0, 0.05) is 50.8 Å². The Bertz CT molecular complexity index is 947. The minimum absolute atomic E-state index is 0. The molecule has 0 saturated carbocycles. The summed E-state index contributed by atoms with van der Waals surface area (Å²) in [7, 11) is 2.09. The number of nitrogens with one attached hydrogen (secondary N) is 1. The lowest BCUT2D eigenvalue weighted by molar-refractivity contribution is 0.313. The van der Waals surface area contributed by atoms with Crippen molar-refractivity contribution in [3.05, 3.63) is 54.0 Å². The monoisotopic (exact) mass is 487 g/mol. The Balaban J connectivity index is 0.00000363. The highest BCUT2D eigenvalue weighted by Crippen LogP contribution is 2.30. The number of benzene rings is 1. The Kier molecular flexibility index (Phi) is 10.8. The molecule has 2 heterocycles. The van der Waals surface area contributed by atoms with Crippen LogP contribution in [0.5, 0.6) is 0 Å². The number of anilines is 3. The fourth-order valence-corrected chi connectivity index (χ4v) is 3.67. The topological polar surface area (TPSA) is 150 Å². The van der Waals surface area contributed by atoms with Gasteiger partial charge in [-0.2, -0.15) is 0 Å². The van der Waals surface area contributed by atoms with Crippen LogP contribution in [0.2, 0.25) is 0 Å². The van der Waals surface area contributed by atoms with Crippen LogP contribution in [0.3, 0.4) is 0 Å². The van der Waals surface area contributed by atoms with E-state index in [0.29, 0.717) is 5.56 Å². The molecule has 0 amide bonds. The van der Waals surface area contributed by atoms with E-state index in [2.05, 4.69) is 26.6 Å². The van der Waals surface area contributed by atoms with Crippen molar-refractivity contribution in [2.75, 3.05) is 47.9 Å². The Hall–Kier alpha value is -2.64. The summed E-state index contributed by atoms with van der Waals surface area (Å²) >= 11 is 1.32. The zero-order valence-electron chi connectivity index (χ0n) is 19.0. The Morgan fingerprint density at radius 3 is 2.52 bits per heavy atom. The van der Waals surface area contributed by atoms with Crippen LogP contribution in [0.1, 0.15) is 20.8 Å². The predicted molar refractivity (Wildman–Crippen MR) is 135 cm³/mol. The maximum atomic E-state index is 14.9. The van der Waals surface area contributed by atoms with Gasteiger partial charge in [0.15, 0.2) is 11.6 Å². The number of aromatic nitrogens is 1. The first-order valence-corrected chi connectivity index (χ1v) is 10.9. The summed E-state index contributed by atoms with van der Waals surface area (Å²) in [6.45, 7) is 7.62. The van der Waals surface area contributed by atoms with Crippen LogP contribution in [0.4, 0.5) is 25.8 Å². The lowest BCUT2D eigenvalue weighted by Crippen LogP contribution is -2.44. The molecule has 0 spiro atoms. The van der Waals surface area contributed by atoms with E-state index in [-0.39, 0.29) is 34.7 Å². The molecule has 3 rings (SSSR count). The summed E-state index contributed by atoms with van der Waals surface area (Å²) < 4.78 is 32.2. The van der Waals surface area contributed by atoms with Gasteiger partial charge in [0.25, 0.3) is 0 Å². The van der Waals surface area contributed by atoms with E-state index in [9.17, 15) is 8.78 Å². The fraction of sp³-hybridized carbons (Fsp3) is 0.381. The molecule has 0 aliphatic carbocycles. The first-order chi connectivity index (χ1) is 14.8. The molecule has 1 aliphatic rings. The number of hydrogen-bond acceptors (Lipinski definition) is 8. The Morgan fingerprint density at radius 1 is 1.21 bits per heavy atom. The number of piperazine rings is 1. The van der Waals surface area contributed by atoms with E-state index >= 15 is 0 Å². The van der Waals surface area contributed by atoms with Crippen LogP contribution in [0, 0.1) is 11.6 Å². The molecule has 1 aromatic carbocycles. The second-order valence-electron chi connectivity index (χ2n) is 7.74. The molecule has 9 nitrogen and oxygen atoms in total. The molecule has 186 valence electrons.